The highest BCUT2D eigenvalue weighted by Gasteiger charge is 2.22. The fraction of sp³-hybridized carbons (Fsp3) is 0.381. The molecule has 0 aliphatic carbocycles. The minimum Gasteiger partial charge on any atom is -0.494 e. The van der Waals surface area contributed by atoms with E-state index in [2.05, 4.69) is 5.32 Å². The smallest absolute Gasteiger partial charge is 0.251 e. The van der Waals surface area contributed by atoms with Crippen LogP contribution in [-0.2, 0) is 16.6 Å². The SMILES string of the molecule is CCOc1ccc(C(=O)NCc2ccc(S(=O)(=O)N(C)C(C)C)cc2)cc1C. The van der Waals surface area contributed by atoms with E-state index in [-0.39, 0.29) is 16.8 Å². The number of aryl methyl sites for hydroxylation is 1. The van der Waals surface area contributed by atoms with Crippen LogP contribution in [0, 0.1) is 6.92 Å². The molecule has 0 unspecified atom stereocenters. The Kier molecular flexibility index (Phi) is 7.21. The molecule has 28 heavy (non-hydrogen) atoms. The highest BCUT2D eigenvalue weighted by molar-refractivity contribution is 7.89. The summed E-state index contributed by atoms with van der Waals surface area (Å²) >= 11 is 0. The maximum absolute atomic E-state index is 12.5. The van der Waals surface area contributed by atoms with Crippen molar-refractivity contribution in [2.24, 2.45) is 0 Å². The molecule has 0 aliphatic rings. The maximum atomic E-state index is 12.5. The monoisotopic (exact) mass is 404 g/mol. The highest BCUT2D eigenvalue weighted by Crippen LogP contribution is 2.20. The summed E-state index contributed by atoms with van der Waals surface area (Å²) in [5.41, 5.74) is 2.28. The molecule has 6 nitrogen and oxygen atoms in total. The number of ether oxygens (including phenoxy) is 1. The number of amides is 1. The number of nitrogens with one attached hydrogen (secondary N) is 1. The standard InChI is InChI=1S/C21H28N2O4S/c1-6-27-20-12-9-18(13-16(20)4)21(24)22-14-17-7-10-19(11-8-17)28(25,26)23(5)15(2)3/h7-13,15H,6,14H2,1-5H3,(H,22,24). The van der Waals surface area contributed by atoms with Gasteiger partial charge in [0.1, 0.15) is 5.75 Å². The molecule has 0 saturated carbocycles. The molecular formula is C21H28N2O4S. The highest BCUT2D eigenvalue weighted by atomic mass is 32.2. The fourth-order valence-electron chi connectivity index (χ4n) is 2.62. The van der Waals surface area contributed by atoms with Crippen molar-refractivity contribution < 1.29 is 17.9 Å². The third-order valence-electron chi connectivity index (χ3n) is 4.52. The summed E-state index contributed by atoms with van der Waals surface area (Å²) in [4.78, 5) is 12.6. The van der Waals surface area contributed by atoms with E-state index in [0.29, 0.717) is 18.7 Å². The van der Waals surface area contributed by atoms with Crippen molar-refractivity contribution in [2.45, 2.75) is 45.2 Å². The van der Waals surface area contributed by atoms with Crippen molar-refractivity contribution in [1.29, 1.82) is 0 Å². The van der Waals surface area contributed by atoms with Crippen LogP contribution in [0.4, 0.5) is 0 Å². The molecule has 152 valence electrons. The molecule has 0 saturated heterocycles. The van der Waals surface area contributed by atoms with Gasteiger partial charge in [-0.15, -0.1) is 0 Å². The summed E-state index contributed by atoms with van der Waals surface area (Å²) < 4.78 is 31.8. The summed E-state index contributed by atoms with van der Waals surface area (Å²) in [5, 5.41) is 2.85. The van der Waals surface area contributed by atoms with Gasteiger partial charge in [-0.3, -0.25) is 4.79 Å². The predicted molar refractivity (Wildman–Crippen MR) is 110 cm³/mol. The number of hydrogen-bond donors (Lipinski definition) is 1. The van der Waals surface area contributed by atoms with E-state index in [1.165, 1.54) is 4.31 Å². The number of benzene rings is 2. The van der Waals surface area contributed by atoms with E-state index in [1.54, 1.807) is 49.5 Å². The van der Waals surface area contributed by atoms with Gasteiger partial charge in [-0.25, -0.2) is 8.42 Å². The van der Waals surface area contributed by atoms with Gasteiger partial charge in [0.2, 0.25) is 10.0 Å². The summed E-state index contributed by atoms with van der Waals surface area (Å²) in [6.45, 7) is 8.34. The molecule has 0 aliphatic heterocycles. The number of carbonyl (C=O) groups excluding carboxylic acids is 1. The number of carbonyl (C=O) groups is 1. The molecule has 0 bridgehead atoms. The molecule has 0 fully saturated rings. The molecule has 2 aromatic rings. The van der Waals surface area contributed by atoms with E-state index in [1.807, 2.05) is 27.7 Å². The minimum absolute atomic E-state index is 0.124. The Bertz CT molecular complexity index is 922. The van der Waals surface area contributed by atoms with Crippen molar-refractivity contribution in [3.8, 4) is 5.75 Å². The van der Waals surface area contributed by atoms with Gasteiger partial charge in [-0.2, -0.15) is 4.31 Å². The lowest BCUT2D eigenvalue weighted by molar-refractivity contribution is 0.0950. The van der Waals surface area contributed by atoms with E-state index < -0.39 is 10.0 Å². The van der Waals surface area contributed by atoms with E-state index in [9.17, 15) is 13.2 Å². The summed E-state index contributed by atoms with van der Waals surface area (Å²) in [5.74, 6) is 0.574. The van der Waals surface area contributed by atoms with Crippen LogP contribution < -0.4 is 10.1 Å². The first kappa shape index (κ1) is 21.9. The van der Waals surface area contributed by atoms with Gasteiger partial charge in [-0.1, -0.05) is 12.1 Å². The molecule has 2 rings (SSSR count). The van der Waals surface area contributed by atoms with Gasteiger partial charge >= 0.3 is 0 Å². The lowest BCUT2D eigenvalue weighted by atomic mass is 10.1. The average Bonchev–Trinajstić information content (AvgIpc) is 2.67. The van der Waals surface area contributed by atoms with Gasteiger partial charge in [0.25, 0.3) is 5.91 Å². The van der Waals surface area contributed by atoms with Gasteiger partial charge in [0.15, 0.2) is 0 Å². The number of hydrogen-bond acceptors (Lipinski definition) is 4. The van der Waals surface area contributed by atoms with Gasteiger partial charge in [0.05, 0.1) is 11.5 Å². The van der Waals surface area contributed by atoms with Crippen LogP contribution in [-0.4, -0.2) is 38.3 Å². The first-order chi connectivity index (χ1) is 13.2. The Balaban J connectivity index is 2.03. The molecule has 0 spiro atoms. The van der Waals surface area contributed by atoms with Gasteiger partial charge in [-0.05, 0) is 69.2 Å². The maximum Gasteiger partial charge on any atom is 0.251 e. The molecule has 0 atom stereocenters. The minimum atomic E-state index is -3.51. The van der Waals surface area contributed by atoms with Crippen molar-refractivity contribution in [1.82, 2.24) is 9.62 Å². The fourth-order valence-corrected chi connectivity index (χ4v) is 3.98. The predicted octanol–water partition coefficient (Wildman–Crippen LogP) is 3.35. The third kappa shape index (κ3) is 5.11. The average molecular weight is 405 g/mol. The van der Waals surface area contributed by atoms with Crippen molar-refractivity contribution >= 4 is 15.9 Å². The second-order valence-electron chi connectivity index (χ2n) is 6.85. The second-order valence-corrected chi connectivity index (χ2v) is 8.85. The molecule has 0 heterocycles. The number of nitrogens with zero attached hydrogens (tertiary/aromatic N) is 1. The largest absolute Gasteiger partial charge is 0.494 e. The zero-order valence-electron chi connectivity index (χ0n) is 17.0. The molecule has 1 amide bonds. The first-order valence-corrected chi connectivity index (χ1v) is 10.7. The Labute approximate surface area is 167 Å². The quantitative estimate of drug-likeness (QED) is 0.732. The lowest BCUT2D eigenvalue weighted by Crippen LogP contribution is -2.33. The van der Waals surface area contributed by atoms with Gasteiger partial charge in [0, 0.05) is 25.2 Å². The van der Waals surface area contributed by atoms with Crippen molar-refractivity contribution in [2.75, 3.05) is 13.7 Å². The van der Waals surface area contributed by atoms with Crippen LogP contribution in [0.25, 0.3) is 0 Å². The molecular weight excluding hydrogens is 376 g/mol. The Morgan fingerprint density at radius 3 is 2.32 bits per heavy atom. The van der Waals surface area contributed by atoms with Crippen LogP contribution in [0.5, 0.6) is 5.75 Å². The molecule has 0 radical (unpaired) electrons. The first-order valence-electron chi connectivity index (χ1n) is 9.25. The van der Waals surface area contributed by atoms with Crippen LogP contribution in [0.1, 0.15) is 42.3 Å². The normalized spacial score (nSPS) is 11.7. The van der Waals surface area contributed by atoms with Gasteiger partial charge < -0.3 is 10.1 Å². The van der Waals surface area contributed by atoms with Crippen molar-refractivity contribution in [3.63, 3.8) is 0 Å². The van der Waals surface area contributed by atoms with E-state index in [4.69, 9.17) is 4.74 Å². The third-order valence-corrected chi connectivity index (χ3v) is 6.57. The van der Waals surface area contributed by atoms with Crippen molar-refractivity contribution in [3.05, 3.63) is 59.2 Å². The summed E-state index contributed by atoms with van der Waals surface area (Å²) in [6, 6.07) is 11.7. The molecule has 1 N–H and O–H groups in total. The number of sulfonamides is 1. The Morgan fingerprint density at radius 2 is 1.79 bits per heavy atom. The summed E-state index contributed by atoms with van der Waals surface area (Å²) in [6.07, 6.45) is 0. The van der Waals surface area contributed by atoms with Crippen LogP contribution in [0.2, 0.25) is 0 Å². The van der Waals surface area contributed by atoms with Crippen LogP contribution in [0.15, 0.2) is 47.4 Å². The zero-order chi connectivity index (χ0) is 20.9. The second kappa shape index (κ2) is 9.21. The van der Waals surface area contributed by atoms with Crippen LogP contribution in [0.3, 0.4) is 0 Å². The van der Waals surface area contributed by atoms with E-state index >= 15 is 0 Å². The lowest BCUT2D eigenvalue weighted by Gasteiger charge is -2.21. The number of rotatable bonds is 8. The van der Waals surface area contributed by atoms with Crippen LogP contribution >= 0.6 is 0 Å². The Morgan fingerprint density at radius 1 is 1.14 bits per heavy atom. The molecule has 2 aromatic carbocycles. The Hall–Kier alpha value is -2.38. The molecule has 7 heteroatoms. The van der Waals surface area contributed by atoms with E-state index in [0.717, 1.165) is 16.9 Å². The zero-order valence-corrected chi connectivity index (χ0v) is 17.8. The molecule has 0 aromatic heterocycles. The summed E-state index contributed by atoms with van der Waals surface area (Å²) in [7, 11) is -1.95. The topological polar surface area (TPSA) is 75.7 Å².